The first-order chi connectivity index (χ1) is 9.85. The van der Waals surface area contributed by atoms with Gasteiger partial charge in [0.2, 0.25) is 5.82 Å². The molecular formula is C14H12N2O2S2. The molecule has 102 valence electrons. The molecule has 4 nitrogen and oxygen atoms in total. The van der Waals surface area contributed by atoms with Gasteiger partial charge in [-0.1, -0.05) is 11.2 Å². The standard InChI is InChI=1S/C14H12N2O2S2/c1-19-11-6-4-10(5-7-11)17-9-13-15-14(16-18-13)12-3-2-8-20-12/h2-8H,9H2,1H3. The number of thiophene rings is 1. The largest absolute Gasteiger partial charge is 0.484 e. The molecule has 2 aromatic heterocycles. The fourth-order valence-electron chi connectivity index (χ4n) is 1.64. The van der Waals surface area contributed by atoms with E-state index in [2.05, 4.69) is 10.1 Å². The van der Waals surface area contributed by atoms with Gasteiger partial charge in [0.25, 0.3) is 5.89 Å². The van der Waals surface area contributed by atoms with E-state index in [0.29, 0.717) is 11.7 Å². The zero-order valence-electron chi connectivity index (χ0n) is 10.8. The molecule has 0 spiro atoms. The number of hydrogen-bond donors (Lipinski definition) is 0. The minimum atomic E-state index is 0.275. The van der Waals surface area contributed by atoms with E-state index in [9.17, 15) is 0 Å². The second kappa shape index (κ2) is 6.11. The summed E-state index contributed by atoms with van der Waals surface area (Å²) in [6.45, 7) is 0.275. The average Bonchev–Trinajstić information content (AvgIpc) is 3.16. The van der Waals surface area contributed by atoms with Gasteiger partial charge in [-0.3, -0.25) is 0 Å². The Kier molecular flexibility index (Phi) is 4.03. The van der Waals surface area contributed by atoms with Crippen LogP contribution in [0.1, 0.15) is 5.89 Å². The van der Waals surface area contributed by atoms with Crippen LogP contribution in [0.2, 0.25) is 0 Å². The van der Waals surface area contributed by atoms with Crippen LogP contribution in [0.5, 0.6) is 5.75 Å². The molecule has 0 bridgehead atoms. The van der Waals surface area contributed by atoms with Crippen LogP contribution in [0.4, 0.5) is 0 Å². The van der Waals surface area contributed by atoms with Gasteiger partial charge in [0.15, 0.2) is 6.61 Å². The van der Waals surface area contributed by atoms with Gasteiger partial charge < -0.3 is 9.26 Å². The molecule has 0 saturated heterocycles. The first-order valence-corrected chi connectivity index (χ1v) is 8.09. The van der Waals surface area contributed by atoms with E-state index in [1.165, 1.54) is 4.90 Å². The van der Waals surface area contributed by atoms with Crippen molar-refractivity contribution >= 4 is 23.1 Å². The molecule has 2 heterocycles. The van der Waals surface area contributed by atoms with E-state index in [4.69, 9.17) is 9.26 Å². The number of rotatable bonds is 5. The minimum absolute atomic E-state index is 0.275. The zero-order chi connectivity index (χ0) is 13.8. The van der Waals surface area contributed by atoms with Gasteiger partial charge in [0.1, 0.15) is 5.75 Å². The van der Waals surface area contributed by atoms with Gasteiger partial charge >= 0.3 is 0 Å². The van der Waals surface area contributed by atoms with Crippen molar-refractivity contribution in [1.82, 2.24) is 10.1 Å². The molecule has 0 fully saturated rings. The van der Waals surface area contributed by atoms with Crippen LogP contribution < -0.4 is 4.74 Å². The number of hydrogen-bond acceptors (Lipinski definition) is 6. The molecule has 1 aromatic carbocycles. The third kappa shape index (κ3) is 3.02. The Balaban J connectivity index is 1.63. The van der Waals surface area contributed by atoms with E-state index in [1.807, 2.05) is 48.0 Å². The molecule has 0 aliphatic heterocycles. The molecule has 0 saturated carbocycles. The first kappa shape index (κ1) is 13.2. The van der Waals surface area contributed by atoms with Crippen molar-refractivity contribution < 1.29 is 9.26 Å². The topological polar surface area (TPSA) is 48.2 Å². The van der Waals surface area contributed by atoms with E-state index < -0.39 is 0 Å². The van der Waals surface area contributed by atoms with Crippen LogP contribution in [-0.4, -0.2) is 16.4 Å². The van der Waals surface area contributed by atoms with Gasteiger partial charge in [-0.15, -0.1) is 23.1 Å². The summed E-state index contributed by atoms with van der Waals surface area (Å²) in [6, 6.07) is 11.8. The Hall–Kier alpha value is -1.79. The van der Waals surface area contributed by atoms with Gasteiger partial charge in [0, 0.05) is 4.90 Å². The molecule has 0 aliphatic rings. The van der Waals surface area contributed by atoms with Crippen molar-refractivity contribution in [3.05, 3.63) is 47.7 Å². The summed E-state index contributed by atoms with van der Waals surface area (Å²) >= 11 is 3.28. The maximum atomic E-state index is 5.62. The van der Waals surface area contributed by atoms with Crippen molar-refractivity contribution in [1.29, 1.82) is 0 Å². The fraction of sp³-hybridized carbons (Fsp3) is 0.143. The van der Waals surface area contributed by atoms with Crippen molar-refractivity contribution in [2.75, 3.05) is 6.26 Å². The minimum Gasteiger partial charge on any atom is -0.484 e. The smallest absolute Gasteiger partial charge is 0.264 e. The highest BCUT2D eigenvalue weighted by atomic mass is 32.2. The van der Waals surface area contributed by atoms with E-state index in [-0.39, 0.29) is 6.61 Å². The van der Waals surface area contributed by atoms with Crippen LogP contribution in [0.25, 0.3) is 10.7 Å². The third-order valence-electron chi connectivity index (χ3n) is 2.63. The average molecular weight is 304 g/mol. The van der Waals surface area contributed by atoms with Crippen molar-refractivity contribution in [3.8, 4) is 16.5 Å². The molecule has 0 unspecified atom stereocenters. The zero-order valence-corrected chi connectivity index (χ0v) is 12.4. The monoisotopic (exact) mass is 304 g/mol. The third-order valence-corrected chi connectivity index (χ3v) is 4.24. The molecular weight excluding hydrogens is 292 g/mol. The second-order valence-electron chi connectivity index (χ2n) is 3.95. The summed E-state index contributed by atoms with van der Waals surface area (Å²) in [6.07, 6.45) is 2.04. The summed E-state index contributed by atoms with van der Waals surface area (Å²) in [4.78, 5) is 6.50. The molecule has 3 aromatic rings. The lowest BCUT2D eigenvalue weighted by atomic mass is 10.3. The quantitative estimate of drug-likeness (QED) is 0.664. The van der Waals surface area contributed by atoms with Crippen LogP contribution >= 0.6 is 23.1 Å². The van der Waals surface area contributed by atoms with Crippen LogP contribution in [0.3, 0.4) is 0 Å². The normalized spacial score (nSPS) is 10.7. The summed E-state index contributed by atoms with van der Waals surface area (Å²) in [5, 5.41) is 5.92. The highest BCUT2D eigenvalue weighted by Gasteiger charge is 2.09. The number of benzene rings is 1. The van der Waals surface area contributed by atoms with Crippen molar-refractivity contribution in [2.24, 2.45) is 0 Å². The van der Waals surface area contributed by atoms with Crippen LogP contribution in [-0.2, 0) is 6.61 Å². The molecule has 0 aliphatic carbocycles. The summed E-state index contributed by atoms with van der Waals surface area (Å²) in [5.41, 5.74) is 0. The lowest BCUT2D eigenvalue weighted by Crippen LogP contribution is -1.95. The highest BCUT2D eigenvalue weighted by molar-refractivity contribution is 7.98. The number of ether oxygens (including phenoxy) is 1. The Labute approximate surface area is 124 Å². The molecule has 6 heteroatoms. The highest BCUT2D eigenvalue weighted by Crippen LogP contribution is 2.22. The Morgan fingerprint density at radius 1 is 1.25 bits per heavy atom. The van der Waals surface area contributed by atoms with E-state index >= 15 is 0 Å². The van der Waals surface area contributed by atoms with Gasteiger partial charge in [0.05, 0.1) is 4.88 Å². The van der Waals surface area contributed by atoms with E-state index in [1.54, 1.807) is 23.1 Å². The molecule has 3 rings (SSSR count). The van der Waals surface area contributed by atoms with Crippen LogP contribution in [0, 0.1) is 0 Å². The van der Waals surface area contributed by atoms with Gasteiger partial charge in [-0.25, -0.2) is 0 Å². The molecule has 0 N–H and O–H groups in total. The molecule has 20 heavy (non-hydrogen) atoms. The molecule has 0 atom stereocenters. The Morgan fingerprint density at radius 3 is 2.80 bits per heavy atom. The lowest BCUT2D eigenvalue weighted by Gasteiger charge is -2.03. The number of aromatic nitrogens is 2. The maximum Gasteiger partial charge on any atom is 0.264 e. The SMILES string of the molecule is CSc1ccc(OCc2nc(-c3cccs3)no2)cc1. The predicted octanol–water partition coefficient (Wildman–Crippen LogP) is 4.10. The summed E-state index contributed by atoms with van der Waals surface area (Å²) < 4.78 is 10.8. The maximum absolute atomic E-state index is 5.62. The van der Waals surface area contributed by atoms with E-state index in [0.717, 1.165) is 10.6 Å². The van der Waals surface area contributed by atoms with Crippen molar-refractivity contribution in [2.45, 2.75) is 11.5 Å². The van der Waals surface area contributed by atoms with Gasteiger partial charge in [-0.2, -0.15) is 4.98 Å². The molecule has 0 amide bonds. The predicted molar refractivity (Wildman–Crippen MR) is 80.2 cm³/mol. The van der Waals surface area contributed by atoms with Crippen LogP contribution in [0.15, 0.2) is 51.2 Å². The van der Waals surface area contributed by atoms with Gasteiger partial charge in [-0.05, 0) is 42.0 Å². The summed E-state index contributed by atoms with van der Waals surface area (Å²) in [5.74, 6) is 1.87. The molecule has 0 radical (unpaired) electrons. The fourth-order valence-corrected chi connectivity index (χ4v) is 2.69. The Morgan fingerprint density at radius 2 is 2.10 bits per heavy atom. The lowest BCUT2D eigenvalue weighted by molar-refractivity contribution is 0.243. The number of nitrogens with zero attached hydrogens (tertiary/aromatic N) is 2. The Bertz CT molecular complexity index is 663. The second-order valence-corrected chi connectivity index (χ2v) is 5.78. The van der Waals surface area contributed by atoms with Crippen molar-refractivity contribution in [3.63, 3.8) is 0 Å². The number of thioether (sulfide) groups is 1. The first-order valence-electron chi connectivity index (χ1n) is 5.98. The summed E-state index contributed by atoms with van der Waals surface area (Å²) in [7, 11) is 0.